The second-order valence-electron chi connectivity index (χ2n) is 10.0. The van der Waals surface area contributed by atoms with Crippen LogP contribution in [0.3, 0.4) is 0 Å². The zero-order valence-electron chi connectivity index (χ0n) is 23.0. The molecule has 1 fully saturated rings. The molecule has 1 aromatic heterocycles. The second kappa shape index (κ2) is 14.6. The van der Waals surface area contributed by atoms with Crippen molar-refractivity contribution in [1.82, 2.24) is 14.9 Å². The van der Waals surface area contributed by atoms with E-state index in [1.165, 1.54) is 0 Å². The minimum atomic E-state index is -0.787. The van der Waals surface area contributed by atoms with Gasteiger partial charge in [-0.25, -0.2) is 9.97 Å². The first-order chi connectivity index (χ1) is 18.8. The lowest BCUT2D eigenvalue weighted by atomic mass is 9.98. The van der Waals surface area contributed by atoms with Gasteiger partial charge in [-0.3, -0.25) is 9.59 Å². The maximum atomic E-state index is 12.9. The molecule has 1 saturated heterocycles. The molecule has 0 radical (unpaired) electrons. The number of hydrogen-bond acceptors (Lipinski definition) is 4. The van der Waals surface area contributed by atoms with Crippen molar-refractivity contribution in [2.45, 2.75) is 46.5 Å². The summed E-state index contributed by atoms with van der Waals surface area (Å²) in [4.78, 5) is 35.7. The normalized spacial score (nSPS) is 15.7. The molecule has 0 bridgehead atoms. The first-order valence-electron chi connectivity index (χ1n) is 13.4. The molecular formula is C33H37N3O3. The Morgan fingerprint density at radius 1 is 1.15 bits per heavy atom. The zero-order valence-corrected chi connectivity index (χ0v) is 23.0. The van der Waals surface area contributed by atoms with Gasteiger partial charge in [0.1, 0.15) is 0 Å². The Hall–Kier alpha value is -4.24. The number of nitrogens with zero attached hydrogens (tertiary/aromatic N) is 3. The van der Waals surface area contributed by atoms with Gasteiger partial charge >= 0.3 is 5.97 Å². The van der Waals surface area contributed by atoms with E-state index in [0.717, 1.165) is 42.0 Å². The van der Waals surface area contributed by atoms with E-state index < -0.39 is 5.97 Å². The molecule has 2 atom stereocenters. The van der Waals surface area contributed by atoms with Crippen LogP contribution in [0.5, 0.6) is 0 Å². The third kappa shape index (κ3) is 8.65. The van der Waals surface area contributed by atoms with Crippen molar-refractivity contribution >= 4 is 22.9 Å². The Bertz CT molecular complexity index is 1370. The number of carbonyl (C=O) groups is 2. The van der Waals surface area contributed by atoms with Gasteiger partial charge in [0.25, 0.3) is 5.91 Å². The first-order valence-corrected chi connectivity index (χ1v) is 13.4. The van der Waals surface area contributed by atoms with Crippen molar-refractivity contribution in [1.29, 1.82) is 0 Å². The van der Waals surface area contributed by atoms with Crippen LogP contribution >= 0.6 is 0 Å². The Morgan fingerprint density at radius 3 is 2.56 bits per heavy atom. The molecule has 3 aromatic rings. The molecule has 202 valence electrons. The Morgan fingerprint density at radius 2 is 1.92 bits per heavy atom. The van der Waals surface area contributed by atoms with Gasteiger partial charge in [-0.1, -0.05) is 68.3 Å². The number of allylic oxidation sites excluding steroid dienone is 4. The predicted octanol–water partition coefficient (Wildman–Crippen LogP) is 6.57. The molecule has 0 saturated carbocycles. The molecule has 0 spiro atoms. The number of carboxylic acids is 1. The molecule has 39 heavy (non-hydrogen) atoms. The molecule has 2 aromatic carbocycles. The van der Waals surface area contributed by atoms with Gasteiger partial charge in [0.05, 0.1) is 22.4 Å². The number of benzene rings is 2. The van der Waals surface area contributed by atoms with Crippen LogP contribution in [-0.2, 0) is 11.2 Å². The smallest absolute Gasteiger partial charge is 0.303 e. The van der Waals surface area contributed by atoms with E-state index in [9.17, 15) is 9.59 Å². The van der Waals surface area contributed by atoms with Gasteiger partial charge in [0.15, 0.2) is 0 Å². The lowest BCUT2D eigenvalue weighted by Gasteiger charge is -2.17. The van der Waals surface area contributed by atoms with E-state index in [1.807, 2.05) is 85.5 Å². The first kappa shape index (κ1) is 29.3. The molecule has 0 aliphatic carbocycles. The fourth-order valence-corrected chi connectivity index (χ4v) is 4.53. The monoisotopic (exact) mass is 523 g/mol. The Labute approximate surface area is 231 Å². The van der Waals surface area contributed by atoms with Gasteiger partial charge in [0, 0.05) is 30.6 Å². The highest BCUT2D eigenvalue weighted by atomic mass is 16.4. The summed E-state index contributed by atoms with van der Waals surface area (Å²) in [7, 11) is 0. The molecule has 1 unspecified atom stereocenters. The lowest BCUT2D eigenvalue weighted by Crippen LogP contribution is -2.28. The molecule has 6 heteroatoms. The average molecular weight is 524 g/mol. The van der Waals surface area contributed by atoms with Crippen molar-refractivity contribution in [3.05, 3.63) is 84.1 Å². The average Bonchev–Trinajstić information content (AvgIpc) is 3.37. The number of hydrogen-bond donors (Lipinski definition) is 1. The minimum Gasteiger partial charge on any atom is -0.481 e. The Kier molecular flexibility index (Phi) is 11.0. The lowest BCUT2D eigenvalue weighted by molar-refractivity contribution is -0.138. The van der Waals surface area contributed by atoms with Crippen LogP contribution in [0.1, 0.15) is 56.1 Å². The van der Waals surface area contributed by atoms with Crippen molar-refractivity contribution < 1.29 is 14.7 Å². The number of carbonyl (C=O) groups excluding carboxylic acids is 1. The Balaban J connectivity index is 0.000000532. The molecule has 4 rings (SSSR count). The van der Waals surface area contributed by atoms with E-state index >= 15 is 0 Å². The van der Waals surface area contributed by atoms with Crippen LogP contribution in [0.15, 0.2) is 72.8 Å². The highest BCUT2D eigenvalue weighted by Crippen LogP contribution is 2.27. The second-order valence-corrected chi connectivity index (χ2v) is 10.0. The fraction of sp³-hybridized carbons (Fsp3) is 0.333. The number of aliphatic carboxylic acids is 1. The molecule has 1 aliphatic heterocycles. The summed E-state index contributed by atoms with van der Waals surface area (Å²) >= 11 is 0. The van der Waals surface area contributed by atoms with Crippen LogP contribution in [0.25, 0.3) is 22.3 Å². The summed E-state index contributed by atoms with van der Waals surface area (Å²) in [5.74, 6) is 2.20. The number of terminal acetylenes is 1. The molecular weight excluding hydrogens is 486 g/mol. The SMILES string of the molecule is C#C/C=C\C=C/C.CC1CCN(C(=O)c2ccc3nc(-c4ccccc4)c(CC[C@H](C)CC(=O)O)nc3c2)C1. The number of likely N-dealkylation sites (tertiary alicyclic amines) is 1. The minimum absolute atomic E-state index is 0.0405. The topological polar surface area (TPSA) is 83.4 Å². The number of amides is 1. The number of aromatic nitrogens is 2. The standard InChI is InChI=1S/C26H29N3O3.C7H8/c1-17(14-24(30)31)8-10-22-25(19-6-4-3-5-7-19)28-21-11-9-20(15-23(21)27-22)26(32)29-13-12-18(2)16-29;1-3-5-7-6-4-2/h3-7,9,11,15,17-18H,8,10,12-14,16H2,1-2H3,(H,30,31);1,4-7H,2H3/b;6-4-,7-5-/t17-,18?;/m0./s1. The van der Waals surface area contributed by atoms with E-state index in [-0.39, 0.29) is 18.2 Å². The fourth-order valence-electron chi connectivity index (χ4n) is 4.53. The van der Waals surface area contributed by atoms with E-state index in [4.69, 9.17) is 21.5 Å². The molecule has 1 amide bonds. The third-order valence-electron chi connectivity index (χ3n) is 6.63. The molecule has 1 aliphatic rings. The maximum absolute atomic E-state index is 12.9. The predicted molar refractivity (Wildman–Crippen MR) is 157 cm³/mol. The van der Waals surface area contributed by atoms with Crippen LogP contribution in [0, 0.1) is 24.2 Å². The quantitative estimate of drug-likeness (QED) is 0.267. The van der Waals surface area contributed by atoms with Crippen molar-refractivity contribution in [3.63, 3.8) is 0 Å². The van der Waals surface area contributed by atoms with Crippen LogP contribution in [0.4, 0.5) is 0 Å². The zero-order chi connectivity index (χ0) is 28.2. The van der Waals surface area contributed by atoms with Crippen LogP contribution < -0.4 is 0 Å². The molecule has 6 nitrogen and oxygen atoms in total. The number of fused-ring (bicyclic) bond motifs is 1. The summed E-state index contributed by atoms with van der Waals surface area (Å²) in [5.41, 5.74) is 4.71. The van der Waals surface area contributed by atoms with Crippen LogP contribution in [0.2, 0.25) is 0 Å². The molecule has 2 heterocycles. The van der Waals surface area contributed by atoms with Gasteiger partial charge in [-0.2, -0.15) is 0 Å². The number of carboxylic acid groups (broad SMARTS) is 1. The van der Waals surface area contributed by atoms with Gasteiger partial charge < -0.3 is 10.0 Å². The van der Waals surface area contributed by atoms with E-state index in [1.54, 1.807) is 6.08 Å². The van der Waals surface area contributed by atoms with Crippen LogP contribution in [-0.4, -0.2) is 44.9 Å². The number of rotatable bonds is 8. The largest absolute Gasteiger partial charge is 0.481 e. The third-order valence-corrected chi connectivity index (χ3v) is 6.63. The van der Waals surface area contributed by atoms with E-state index in [2.05, 4.69) is 12.8 Å². The van der Waals surface area contributed by atoms with Gasteiger partial charge in [-0.05, 0) is 62.3 Å². The van der Waals surface area contributed by atoms with E-state index in [0.29, 0.717) is 29.8 Å². The highest BCUT2D eigenvalue weighted by Gasteiger charge is 2.24. The van der Waals surface area contributed by atoms with Crippen molar-refractivity contribution in [2.75, 3.05) is 13.1 Å². The highest BCUT2D eigenvalue weighted by molar-refractivity contribution is 5.97. The summed E-state index contributed by atoms with van der Waals surface area (Å²) in [5, 5.41) is 9.08. The summed E-state index contributed by atoms with van der Waals surface area (Å²) in [6.07, 6.45) is 14.7. The summed E-state index contributed by atoms with van der Waals surface area (Å²) in [6.45, 7) is 7.65. The number of aryl methyl sites for hydroxylation is 1. The summed E-state index contributed by atoms with van der Waals surface area (Å²) in [6, 6.07) is 15.5. The van der Waals surface area contributed by atoms with Gasteiger partial charge in [-0.15, -0.1) is 6.42 Å². The maximum Gasteiger partial charge on any atom is 0.303 e. The summed E-state index contributed by atoms with van der Waals surface area (Å²) < 4.78 is 0. The van der Waals surface area contributed by atoms with Crippen molar-refractivity contribution in [3.8, 4) is 23.6 Å². The van der Waals surface area contributed by atoms with Gasteiger partial charge in [0.2, 0.25) is 0 Å². The molecule has 1 N–H and O–H groups in total. The van der Waals surface area contributed by atoms with Crippen molar-refractivity contribution in [2.24, 2.45) is 11.8 Å².